The van der Waals surface area contributed by atoms with Crippen molar-refractivity contribution in [1.29, 1.82) is 0 Å². The topological polar surface area (TPSA) is 29.5 Å². The summed E-state index contributed by atoms with van der Waals surface area (Å²) in [5, 5.41) is 12.7. The molecule has 2 aromatic carbocycles. The van der Waals surface area contributed by atoms with Crippen LogP contribution in [0.1, 0.15) is 24.5 Å². The number of rotatable bonds is 2. The lowest BCUT2D eigenvalue weighted by molar-refractivity contribution is 0.170. The highest BCUT2D eigenvalue weighted by molar-refractivity contribution is 5.83. The van der Waals surface area contributed by atoms with Gasteiger partial charge in [-0.25, -0.2) is 0 Å². The first-order valence-electron chi connectivity index (χ1n) is 6.32. The predicted molar refractivity (Wildman–Crippen MR) is 72.2 cm³/mol. The molecule has 1 aliphatic heterocycles. The number of ether oxygens (including phenoxy) is 1. The lowest BCUT2D eigenvalue weighted by atomic mass is 9.96. The van der Waals surface area contributed by atoms with Gasteiger partial charge in [0, 0.05) is 0 Å². The van der Waals surface area contributed by atoms with Crippen molar-refractivity contribution in [2.45, 2.75) is 18.9 Å². The summed E-state index contributed by atoms with van der Waals surface area (Å²) in [7, 11) is 0. The number of aliphatic hydroxyl groups excluding tert-OH is 1. The van der Waals surface area contributed by atoms with Crippen LogP contribution in [0.15, 0.2) is 54.3 Å². The van der Waals surface area contributed by atoms with Gasteiger partial charge in [-0.3, -0.25) is 0 Å². The molecule has 1 atom stereocenters. The van der Waals surface area contributed by atoms with E-state index in [4.69, 9.17) is 4.74 Å². The van der Waals surface area contributed by atoms with E-state index in [9.17, 15) is 5.11 Å². The second kappa shape index (κ2) is 4.83. The summed E-state index contributed by atoms with van der Waals surface area (Å²) >= 11 is 0. The predicted octanol–water partition coefficient (Wildman–Crippen LogP) is 3.57. The van der Waals surface area contributed by atoms with Gasteiger partial charge in [0.05, 0.1) is 12.9 Å². The Morgan fingerprint density at radius 3 is 2.67 bits per heavy atom. The van der Waals surface area contributed by atoms with Crippen LogP contribution in [0.5, 0.6) is 0 Å². The van der Waals surface area contributed by atoms with Gasteiger partial charge in [0.15, 0.2) is 0 Å². The Morgan fingerprint density at radius 1 is 1.06 bits per heavy atom. The molecule has 0 radical (unpaired) electrons. The van der Waals surface area contributed by atoms with Gasteiger partial charge in [0.1, 0.15) is 6.10 Å². The third-order valence-corrected chi connectivity index (χ3v) is 3.40. The van der Waals surface area contributed by atoms with Gasteiger partial charge in [-0.05, 0) is 40.8 Å². The molecular formula is C16H16O2. The fraction of sp³-hybridized carbons (Fsp3) is 0.250. The number of benzene rings is 2. The zero-order valence-electron chi connectivity index (χ0n) is 10.2. The van der Waals surface area contributed by atoms with Crippen LogP contribution in [0.2, 0.25) is 0 Å². The molecule has 1 heterocycles. The Morgan fingerprint density at radius 2 is 1.89 bits per heavy atom. The fourth-order valence-electron chi connectivity index (χ4n) is 2.38. The molecule has 18 heavy (non-hydrogen) atoms. The maximum Gasteiger partial charge on any atom is 0.103 e. The van der Waals surface area contributed by atoms with Crippen LogP contribution in [0.3, 0.4) is 0 Å². The van der Waals surface area contributed by atoms with Gasteiger partial charge < -0.3 is 9.84 Å². The molecule has 2 aromatic rings. The van der Waals surface area contributed by atoms with Gasteiger partial charge >= 0.3 is 0 Å². The van der Waals surface area contributed by atoms with E-state index in [-0.39, 0.29) is 0 Å². The number of aliphatic hydroxyl groups is 1. The van der Waals surface area contributed by atoms with Crippen LogP contribution in [-0.4, -0.2) is 11.7 Å². The Hall–Kier alpha value is -1.80. The molecule has 0 aliphatic carbocycles. The molecule has 1 aliphatic rings. The van der Waals surface area contributed by atoms with Gasteiger partial charge in [0.25, 0.3) is 0 Å². The Labute approximate surface area is 107 Å². The van der Waals surface area contributed by atoms with Crippen LogP contribution in [0.4, 0.5) is 0 Å². The molecule has 2 heteroatoms. The van der Waals surface area contributed by atoms with E-state index in [1.54, 1.807) is 6.26 Å². The Balaban J connectivity index is 1.96. The van der Waals surface area contributed by atoms with Crippen LogP contribution >= 0.6 is 0 Å². The average Bonchev–Trinajstić information content (AvgIpc) is 2.47. The second-order valence-corrected chi connectivity index (χ2v) is 4.68. The monoisotopic (exact) mass is 240 g/mol. The fourth-order valence-corrected chi connectivity index (χ4v) is 2.38. The van der Waals surface area contributed by atoms with Crippen molar-refractivity contribution in [3.05, 3.63) is 59.9 Å². The summed E-state index contributed by atoms with van der Waals surface area (Å²) in [5.74, 6) is 0. The quantitative estimate of drug-likeness (QED) is 0.869. The minimum atomic E-state index is -0.546. The lowest BCUT2D eigenvalue weighted by Crippen LogP contribution is -2.07. The normalized spacial score (nSPS) is 17.1. The molecule has 2 nitrogen and oxygen atoms in total. The molecular weight excluding hydrogens is 224 g/mol. The van der Waals surface area contributed by atoms with E-state index >= 15 is 0 Å². The van der Waals surface area contributed by atoms with Crippen LogP contribution in [-0.2, 0) is 4.74 Å². The van der Waals surface area contributed by atoms with E-state index in [0.29, 0.717) is 0 Å². The molecule has 1 unspecified atom stereocenters. The zero-order chi connectivity index (χ0) is 12.4. The Kier molecular flexibility index (Phi) is 3.03. The van der Waals surface area contributed by atoms with Crippen molar-refractivity contribution in [1.82, 2.24) is 0 Å². The van der Waals surface area contributed by atoms with Crippen molar-refractivity contribution in [3.8, 4) is 0 Å². The van der Waals surface area contributed by atoms with Crippen molar-refractivity contribution < 1.29 is 9.84 Å². The summed E-state index contributed by atoms with van der Waals surface area (Å²) in [5.41, 5.74) is 1.90. The maximum absolute atomic E-state index is 10.4. The third kappa shape index (κ3) is 2.12. The molecule has 1 N–H and O–H groups in total. The molecule has 0 aromatic heterocycles. The first-order valence-corrected chi connectivity index (χ1v) is 6.32. The van der Waals surface area contributed by atoms with Crippen LogP contribution < -0.4 is 0 Å². The highest BCUT2D eigenvalue weighted by Gasteiger charge is 2.16. The van der Waals surface area contributed by atoms with E-state index in [1.165, 1.54) is 5.39 Å². The standard InChI is InChI=1S/C16H16O2/c17-16(15-6-3-9-18-11-15)14-8-7-12-4-1-2-5-13(12)10-14/h1-2,4-5,7-8,10-11,16-17H,3,6,9H2. The van der Waals surface area contributed by atoms with E-state index in [2.05, 4.69) is 24.3 Å². The molecule has 0 spiro atoms. The number of hydrogen-bond donors (Lipinski definition) is 1. The van der Waals surface area contributed by atoms with Gasteiger partial charge in [-0.2, -0.15) is 0 Å². The minimum Gasteiger partial charge on any atom is -0.501 e. The van der Waals surface area contributed by atoms with E-state index in [1.807, 2.05) is 18.2 Å². The Bertz CT molecular complexity index is 586. The SMILES string of the molecule is OC(C1=COCCC1)c1ccc2ccccc2c1. The largest absolute Gasteiger partial charge is 0.501 e. The summed E-state index contributed by atoms with van der Waals surface area (Å²) < 4.78 is 5.29. The first kappa shape index (κ1) is 11.3. The van der Waals surface area contributed by atoms with Crippen LogP contribution in [0.25, 0.3) is 10.8 Å². The van der Waals surface area contributed by atoms with Gasteiger partial charge in [0.2, 0.25) is 0 Å². The first-order chi connectivity index (χ1) is 8.84. The molecule has 0 fully saturated rings. The van der Waals surface area contributed by atoms with Crippen molar-refractivity contribution in [2.75, 3.05) is 6.61 Å². The van der Waals surface area contributed by atoms with E-state index in [0.717, 1.165) is 36.0 Å². The minimum absolute atomic E-state index is 0.546. The van der Waals surface area contributed by atoms with Crippen LogP contribution in [0, 0.1) is 0 Å². The molecule has 92 valence electrons. The van der Waals surface area contributed by atoms with Crippen molar-refractivity contribution in [3.63, 3.8) is 0 Å². The van der Waals surface area contributed by atoms with Gasteiger partial charge in [-0.15, -0.1) is 0 Å². The highest BCUT2D eigenvalue weighted by atomic mass is 16.5. The molecule has 0 saturated heterocycles. The third-order valence-electron chi connectivity index (χ3n) is 3.40. The molecule has 0 bridgehead atoms. The summed E-state index contributed by atoms with van der Waals surface area (Å²) in [6, 6.07) is 14.3. The highest BCUT2D eigenvalue weighted by Crippen LogP contribution is 2.29. The van der Waals surface area contributed by atoms with Crippen molar-refractivity contribution >= 4 is 10.8 Å². The van der Waals surface area contributed by atoms with Gasteiger partial charge in [-0.1, -0.05) is 36.4 Å². The summed E-state index contributed by atoms with van der Waals surface area (Å²) in [4.78, 5) is 0. The number of fused-ring (bicyclic) bond motifs is 1. The number of hydrogen-bond acceptors (Lipinski definition) is 2. The molecule has 3 rings (SSSR count). The smallest absolute Gasteiger partial charge is 0.103 e. The average molecular weight is 240 g/mol. The second-order valence-electron chi connectivity index (χ2n) is 4.68. The summed E-state index contributed by atoms with van der Waals surface area (Å²) in [6.45, 7) is 0.758. The van der Waals surface area contributed by atoms with E-state index < -0.39 is 6.10 Å². The molecule has 0 saturated carbocycles. The lowest BCUT2D eigenvalue weighted by Gasteiger charge is -2.19. The molecule has 0 amide bonds. The zero-order valence-corrected chi connectivity index (χ0v) is 10.2. The summed E-state index contributed by atoms with van der Waals surface area (Å²) in [6.07, 6.45) is 3.06. The van der Waals surface area contributed by atoms with Crippen molar-refractivity contribution in [2.24, 2.45) is 0 Å². The maximum atomic E-state index is 10.4.